The van der Waals surface area contributed by atoms with Crippen molar-refractivity contribution in [3.63, 3.8) is 0 Å². The molecular formula is C14H20FNO3S. The molecule has 1 aromatic rings. The van der Waals surface area contributed by atoms with Crippen LogP contribution in [0, 0.1) is 11.2 Å². The van der Waals surface area contributed by atoms with Gasteiger partial charge in [-0.25, -0.2) is 12.8 Å². The zero-order chi connectivity index (χ0) is 15.0. The molecule has 1 saturated heterocycles. The predicted octanol–water partition coefficient (Wildman–Crippen LogP) is 2.13. The van der Waals surface area contributed by atoms with Gasteiger partial charge in [-0.1, -0.05) is 19.9 Å². The van der Waals surface area contributed by atoms with E-state index in [0.717, 1.165) is 18.9 Å². The lowest BCUT2D eigenvalue weighted by Crippen LogP contribution is -2.43. The summed E-state index contributed by atoms with van der Waals surface area (Å²) in [6.07, 6.45) is 1.74. The molecule has 2 rings (SSSR count). The van der Waals surface area contributed by atoms with E-state index >= 15 is 0 Å². The third-order valence-electron chi connectivity index (χ3n) is 3.66. The van der Waals surface area contributed by atoms with Crippen molar-refractivity contribution in [2.75, 3.05) is 13.1 Å². The summed E-state index contributed by atoms with van der Waals surface area (Å²) < 4.78 is 40.4. The summed E-state index contributed by atoms with van der Waals surface area (Å²) in [5.74, 6) is -0.806. The van der Waals surface area contributed by atoms with Crippen molar-refractivity contribution in [1.82, 2.24) is 4.31 Å². The molecule has 112 valence electrons. The number of piperidine rings is 1. The molecule has 0 bridgehead atoms. The Morgan fingerprint density at radius 3 is 2.65 bits per heavy atom. The number of aliphatic hydroxyl groups excluding tert-OH is 1. The monoisotopic (exact) mass is 301 g/mol. The van der Waals surface area contributed by atoms with Crippen LogP contribution in [0.15, 0.2) is 23.1 Å². The van der Waals surface area contributed by atoms with Crippen LogP contribution in [-0.4, -0.2) is 30.9 Å². The molecule has 0 unspecified atom stereocenters. The van der Waals surface area contributed by atoms with E-state index in [1.807, 2.05) is 13.8 Å². The molecular weight excluding hydrogens is 281 g/mol. The minimum atomic E-state index is -3.81. The molecule has 1 aliphatic rings. The molecule has 0 spiro atoms. The maximum absolute atomic E-state index is 14.0. The van der Waals surface area contributed by atoms with Crippen LogP contribution in [-0.2, 0) is 16.6 Å². The average molecular weight is 301 g/mol. The van der Waals surface area contributed by atoms with Crippen LogP contribution in [0.2, 0.25) is 0 Å². The van der Waals surface area contributed by atoms with Gasteiger partial charge in [0.2, 0.25) is 10.0 Å². The predicted molar refractivity (Wildman–Crippen MR) is 74.1 cm³/mol. The second kappa shape index (κ2) is 5.42. The molecule has 0 amide bonds. The van der Waals surface area contributed by atoms with E-state index in [1.54, 1.807) is 0 Å². The number of rotatable bonds is 3. The van der Waals surface area contributed by atoms with Gasteiger partial charge in [-0.05, 0) is 36.0 Å². The second-order valence-electron chi connectivity index (χ2n) is 6.03. The molecule has 1 aromatic carbocycles. The molecule has 1 heterocycles. The molecule has 6 heteroatoms. The van der Waals surface area contributed by atoms with Gasteiger partial charge in [0.1, 0.15) is 10.7 Å². The van der Waals surface area contributed by atoms with Gasteiger partial charge in [0, 0.05) is 13.1 Å². The van der Waals surface area contributed by atoms with Crippen molar-refractivity contribution in [3.8, 4) is 0 Å². The summed E-state index contributed by atoms with van der Waals surface area (Å²) in [4.78, 5) is -0.313. The molecule has 0 atom stereocenters. The molecule has 4 nitrogen and oxygen atoms in total. The average Bonchev–Trinajstić information content (AvgIpc) is 2.37. The lowest BCUT2D eigenvalue weighted by atomic mass is 9.85. The summed E-state index contributed by atoms with van der Waals surface area (Å²) >= 11 is 0. The van der Waals surface area contributed by atoms with E-state index in [1.165, 1.54) is 16.4 Å². The van der Waals surface area contributed by atoms with Crippen molar-refractivity contribution >= 4 is 10.0 Å². The number of benzene rings is 1. The zero-order valence-electron chi connectivity index (χ0n) is 11.8. The van der Waals surface area contributed by atoms with E-state index in [2.05, 4.69) is 0 Å². The number of sulfonamides is 1. The quantitative estimate of drug-likeness (QED) is 0.930. The van der Waals surface area contributed by atoms with Crippen molar-refractivity contribution in [1.29, 1.82) is 0 Å². The minimum Gasteiger partial charge on any atom is -0.392 e. The van der Waals surface area contributed by atoms with Crippen LogP contribution in [0.5, 0.6) is 0 Å². The van der Waals surface area contributed by atoms with Crippen molar-refractivity contribution in [2.24, 2.45) is 5.41 Å². The molecule has 20 heavy (non-hydrogen) atoms. The minimum absolute atomic E-state index is 0.0904. The normalized spacial score (nSPS) is 20.0. The fourth-order valence-corrected chi connectivity index (χ4v) is 4.28. The van der Waals surface area contributed by atoms with E-state index < -0.39 is 15.8 Å². The zero-order valence-corrected chi connectivity index (χ0v) is 12.6. The van der Waals surface area contributed by atoms with Gasteiger partial charge in [0.05, 0.1) is 6.61 Å². The summed E-state index contributed by atoms with van der Waals surface area (Å²) in [7, 11) is -3.81. The van der Waals surface area contributed by atoms with E-state index in [4.69, 9.17) is 5.11 Å². The van der Waals surface area contributed by atoms with Crippen LogP contribution in [0.25, 0.3) is 0 Å². The highest BCUT2D eigenvalue weighted by Gasteiger charge is 2.35. The number of halogens is 1. The van der Waals surface area contributed by atoms with Gasteiger partial charge in [0.25, 0.3) is 0 Å². The molecule has 0 aliphatic carbocycles. The first kappa shape index (κ1) is 15.4. The third kappa shape index (κ3) is 3.02. The summed E-state index contributed by atoms with van der Waals surface area (Å²) in [5.41, 5.74) is 0.271. The Bertz CT molecular complexity index is 598. The van der Waals surface area contributed by atoms with Gasteiger partial charge < -0.3 is 5.11 Å². The Morgan fingerprint density at radius 1 is 1.40 bits per heavy atom. The Labute approximate surface area is 119 Å². The first-order valence-electron chi connectivity index (χ1n) is 6.66. The van der Waals surface area contributed by atoms with Crippen molar-refractivity contribution < 1.29 is 17.9 Å². The standard InChI is InChI=1S/C14H20FNO3S/c1-14(2)6-3-7-16(10-14)20(18,19)13-5-4-11(9-17)8-12(13)15/h4-5,8,17H,3,6-7,9-10H2,1-2H3. The van der Waals surface area contributed by atoms with Crippen molar-refractivity contribution in [2.45, 2.75) is 38.2 Å². The van der Waals surface area contributed by atoms with Crippen LogP contribution >= 0.6 is 0 Å². The van der Waals surface area contributed by atoms with Crippen LogP contribution < -0.4 is 0 Å². The van der Waals surface area contributed by atoms with Gasteiger partial charge in [0.15, 0.2) is 0 Å². The lowest BCUT2D eigenvalue weighted by molar-refractivity contribution is 0.186. The molecule has 1 fully saturated rings. The maximum Gasteiger partial charge on any atom is 0.246 e. The first-order chi connectivity index (χ1) is 9.26. The summed E-state index contributed by atoms with van der Waals surface area (Å²) in [6.45, 7) is 4.54. The molecule has 1 N–H and O–H groups in total. The highest BCUT2D eigenvalue weighted by molar-refractivity contribution is 7.89. The number of aliphatic hydroxyl groups is 1. The van der Waals surface area contributed by atoms with Crippen LogP contribution in [0.3, 0.4) is 0 Å². The lowest BCUT2D eigenvalue weighted by Gasteiger charge is -2.37. The van der Waals surface area contributed by atoms with Gasteiger partial charge in [-0.15, -0.1) is 0 Å². The van der Waals surface area contributed by atoms with Gasteiger partial charge in [-0.3, -0.25) is 0 Å². The summed E-state index contributed by atoms with van der Waals surface area (Å²) in [5, 5.41) is 8.95. The van der Waals surface area contributed by atoms with Crippen LogP contribution in [0.1, 0.15) is 32.3 Å². The van der Waals surface area contributed by atoms with E-state index in [-0.39, 0.29) is 16.9 Å². The highest BCUT2D eigenvalue weighted by Crippen LogP contribution is 2.32. The third-order valence-corrected chi connectivity index (χ3v) is 5.54. The largest absolute Gasteiger partial charge is 0.392 e. The Balaban J connectivity index is 2.35. The highest BCUT2D eigenvalue weighted by atomic mass is 32.2. The summed E-state index contributed by atoms with van der Waals surface area (Å²) in [6, 6.07) is 3.74. The smallest absolute Gasteiger partial charge is 0.246 e. The Hall–Kier alpha value is -0.980. The fourth-order valence-electron chi connectivity index (χ4n) is 2.57. The number of hydrogen-bond donors (Lipinski definition) is 1. The Kier molecular flexibility index (Phi) is 4.18. The SMILES string of the molecule is CC1(C)CCCN(S(=O)(=O)c2ccc(CO)cc2F)C1. The molecule has 0 aromatic heterocycles. The maximum atomic E-state index is 14.0. The number of hydrogen-bond acceptors (Lipinski definition) is 3. The first-order valence-corrected chi connectivity index (χ1v) is 8.10. The molecule has 0 saturated carbocycles. The van der Waals surface area contributed by atoms with Gasteiger partial charge in [-0.2, -0.15) is 4.31 Å². The van der Waals surface area contributed by atoms with Crippen molar-refractivity contribution in [3.05, 3.63) is 29.6 Å². The topological polar surface area (TPSA) is 57.6 Å². The Morgan fingerprint density at radius 2 is 2.10 bits per heavy atom. The second-order valence-corrected chi connectivity index (χ2v) is 7.94. The van der Waals surface area contributed by atoms with Gasteiger partial charge >= 0.3 is 0 Å². The van der Waals surface area contributed by atoms with E-state index in [9.17, 15) is 12.8 Å². The van der Waals surface area contributed by atoms with E-state index in [0.29, 0.717) is 18.7 Å². The fraction of sp³-hybridized carbons (Fsp3) is 0.571. The molecule has 0 radical (unpaired) electrons. The molecule has 1 aliphatic heterocycles. The van der Waals surface area contributed by atoms with Crippen LogP contribution in [0.4, 0.5) is 4.39 Å². The number of nitrogens with zero attached hydrogens (tertiary/aromatic N) is 1.